The number of anilines is 1. The Hall–Kier alpha value is -3.32. The van der Waals surface area contributed by atoms with E-state index in [4.69, 9.17) is 0 Å². The van der Waals surface area contributed by atoms with Crippen LogP contribution in [-0.4, -0.2) is 56.0 Å². The Balaban J connectivity index is 1.51. The van der Waals surface area contributed by atoms with Gasteiger partial charge in [-0.15, -0.1) is 5.54 Å². The van der Waals surface area contributed by atoms with Crippen molar-refractivity contribution in [2.45, 2.75) is 103 Å². The van der Waals surface area contributed by atoms with Crippen LogP contribution in [0, 0.1) is 22.8 Å². The Kier molecular flexibility index (Phi) is 7.84. The van der Waals surface area contributed by atoms with Crippen LogP contribution in [0.15, 0.2) is 30.3 Å². The minimum Gasteiger partial charge on any atom is -0.368 e. The highest BCUT2D eigenvalue weighted by Crippen LogP contribution is 2.46. The average Bonchev–Trinajstić information content (AvgIpc) is 3.35. The number of benzene rings is 2. The van der Waals surface area contributed by atoms with Gasteiger partial charge in [-0.25, -0.2) is 0 Å². The summed E-state index contributed by atoms with van der Waals surface area (Å²) in [5.74, 6) is 3.83. The number of nitriles is 1. The summed E-state index contributed by atoms with van der Waals surface area (Å²) in [7, 11) is -1.98. The third-order valence-corrected chi connectivity index (χ3v) is 17.6. The number of hydrogen-bond donors (Lipinski definition) is 1. The molecule has 1 aromatic heterocycles. The van der Waals surface area contributed by atoms with Crippen LogP contribution in [0.4, 0.5) is 5.69 Å². The maximum atomic E-state index is 14.4. The van der Waals surface area contributed by atoms with Gasteiger partial charge in [0.2, 0.25) is 0 Å². The van der Waals surface area contributed by atoms with E-state index in [0.717, 1.165) is 71.1 Å². The topological polar surface area (TPSA) is 63.1 Å². The van der Waals surface area contributed by atoms with Gasteiger partial charge < -0.3 is 9.88 Å². The van der Waals surface area contributed by atoms with Gasteiger partial charge in [0, 0.05) is 65.4 Å². The van der Waals surface area contributed by atoms with Crippen LogP contribution in [0.2, 0.25) is 16.6 Å². The lowest BCUT2D eigenvalue weighted by atomic mass is 9.70. The summed E-state index contributed by atoms with van der Waals surface area (Å²) in [5, 5.41) is 10.4. The number of aromatic nitrogens is 1. The van der Waals surface area contributed by atoms with Crippen LogP contribution >= 0.6 is 0 Å². The number of carbonyl (C=O) groups is 1. The number of ketones is 1. The first-order valence-corrected chi connectivity index (χ1v) is 18.9. The van der Waals surface area contributed by atoms with E-state index in [2.05, 4.69) is 99.8 Å². The highest BCUT2D eigenvalue weighted by atomic mass is 28.3. The molecule has 2 fully saturated rings. The molecule has 6 heteroatoms. The van der Waals surface area contributed by atoms with Crippen molar-refractivity contribution >= 4 is 30.4 Å². The summed E-state index contributed by atoms with van der Waals surface area (Å²) in [6.45, 7) is 22.7. The summed E-state index contributed by atoms with van der Waals surface area (Å²) in [6, 6.07) is 13.0. The zero-order valence-corrected chi connectivity index (χ0v) is 28.9. The van der Waals surface area contributed by atoms with Gasteiger partial charge in [-0.2, -0.15) is 5.26 Å². The van der Waals surface area contributed by atoms with Crippen molar-refractivity contribution < 1.29 is 4.79 Å². The number of rotatable bonds is 5. The monoisotopic (exact) mass is 604 g/mol. The zero-order chi connectivity index (χ0) is 31.6. The Morgan fingerprint density at radius 3 is 2.18 bits per heavy atom. The van der Waals surface area contributed by atoms with Crippen molar-refractivity contribution in [3.05, 3.63) is 63.8 Å². The number of nitrogens with zero attached hydrogens (tertiary/aromatic N) is 3. The molecular formula is C38H48N4OSi. The molecule has 3 aromatic rings. The maximum absolute atomic E-state index is 14.4. The standard InChI is InChI=1S/C38H48N4OSi/c1-24(2)44(25(3)4,26(5)6)19-14-28-21-31-32(22-34(28)42-17-15-41(16-18-42)29-10-9-11-29)38(7,8)37-35(36(31)43)30-13-12-27(23-39)20-33(30)40-37/h12-13,20-22,24-26,29,40H,9-11,15-18H2,1-8H3. The molecule has 0 spiro atoms. The number of carbonyl (C=O) groups excluding carboxylic acids is 1. The second kappa shape index (κ2) is 11.2. The summed E-state index contributed by atoms with van der Waals surface area (Å²) >= 11 is 0. The third-order valence-electron chi connectivity index (χ3n) is 11.4. The molecule has 44 heavy (non-hydrogen) atoms. The Bertz CT molecular complexity index is 1690. The molecule has 2 aromatic carbocycles. The lowest BCUT2D eigenvalue weighted by molar-refractivity contribution is 0.103. The zero-order valence-electron chi connectivity index (χ0n) is 27.9. The van der Waals surface area contributed by atoms with Crippen molar-refractivity contribution in [3.63, 3.8) is 0 Å². The van der Waals surface area contributed by atoms with E-state index in [1.807, 2.05) is 18.2 Å². The number of hydrogen-bond acceptors (Lipinski definition) is 4. The molecule has 2 aliphatic carbocycles. The first-order valence-electron chi connectivity index (χ1n) is 16.7. The minimum absolute atomic E-state index is 0.0507. The van der Waals surface area contributed by atoms with Crippen LogP contribution in [0.25, 0.3) is 10.9 Å². The molecule has 3 aliphatic rings. The first kappa shape index (κ1) is 30.7. The van der Waals surface area contributed by atoms with E-state index in [0.29, 0.717) is 22.2 Å². The Morgan fingerprint density at radius 2 is 1.61 bits per heavy atom. The van der Waals surface area contributed by atoms with Gasteiger partial charge in [-0.1, -0.05) is 73.8 Å². The van der Waals surface area contributed by atoms with Gasteiger partial charge in [0.1, 0.15) is 8.07 Å². The smallest absolute Gasteiger partial charge is 0.195 e. The molecule has 0 bridgehead atoms. The van der Waals surface area contributed by atoms with Gasteiger partial charge >= 0.3 is 0 Å². The second-order valence-corrected chi connectivity index (χ2v) is 20.5. The molecule has 0 atom stereocenters. The molecule has 230 valence electrons. The van der Waals surface area contributed by atoms with E-state index >= 15 is 0 Å². The first-order chi connectivity index (χ1) is 20.9. The number of fused-ring (bicyclic) bond motifs is 4. The molecule has 0 radical (unpaired) electrons. The van der Waals surface area contributed by atoms with E-state index < -0.39 is 13.5 Å². The summed E-state index contributed by atoms with van der Waals surface area (Å²) in [6.07, 6.45) is 4.03. The highest BCUT2D eigenvalue weighted by Gasteiger charge is 2.43. The fourth-order valence-corrected chi connectivity index (χ4v) is 13.8. The quantitative estimate of drug-likeness (QED) is 0.236. The lowest BCUT2D eigenvalue weighted by Crippen LogP contribution is -2.52. The molecule has 6 rings (SSSR count). The number of nitrogens with one attached hydrogen (secondary N) is 1. The van der Waals surface area contributed by atoms with Gasteiger partial charge in [-0.3, -0.25) is 9.69 Å². The summed E-state index contributed by atoms with van der Waals surface area (Å²) < 4.78 is 0. The number of piperazine rings is 1. The Labute approximate surface area is 265 Å². The van der Waals surface area contributed by atoms with E-state index in [1.54, 1.807) is 0 Å². The molecule has 0 amide bonds. The molecule has 1 saturated heterocycles. The average molecular weight is 605 g/mol. The molecule has 0 unspecified atom stereocenters. The number of H-pyrrole nitrogens is 1. The normalized spacial score (nSPS) is 18.7. The van der Waals surface area contributed by atoms with E-state index in [-0.39, 0.29) is 5.78 Å². The Morgan fingerprint density at radius 1 is 0.955 bits per heavy atom. The highest BCUT2D eigenvalue weighted by molar-refractivity contribution is 6.90. The summed E-state index contributed by atoms with van der Waals surface area (Å²) in [4.78, 5) is 23.2. The van der Waals surface area contributed by atoms with Crippen molar-refractivity contribution in [3.8, 4) is 17.5 Å². The fraction of sp³-hybridized carbons (Fsp3) is 0.526. The SMILES string of the molecule is CC(C)[Si](C#Cc1cc2c(cc1N1CCN(C3CCC3)CC1)C(C)(C)c1[nH]c3cc(C#N)ccc3c1C2=O)(C(C)C)C(C)C. The maximum Gasteiger partial charge on any atom is 0.195 e. The fourth-order valence-electron chi connectivity index (χ4n) is 8.58. The predicted molar refractivity (Wildman–Crippen MR) is 184 cm³/mol. The lowest BCUT2D eigenvalue weighted by Gasteiger charge is -2.44. The van der Waals surface area contributed by atoms with Crippen molar-refractivity contribution in [2.24, 2.45) is 0 Å². The van der Waals surface area contributed by atoms with Gasteiger partial charge in [0.15, 0.2) is 5.78 Å². The molecule has 5 nitrogen and oxygen atoms in total. The van der Waals surface area contributed by atoms with E-state index in [9.17, 15) is 10.1 Å². The van der Waals surface area contributed by atoms with Crippen molar-refractivity contribution in [2.75, 3.05) is 31.1 Å². The molecule has 1 saturated carbocycles. The van der Waals surface area contributed by atoms with E-state index in [1.165, 1.54) is 24.9 Å². The largest absolute Gasteiger partial charge is 0.368 e. The van der Waals surface area contributed by atoms with Gasteiger partial charge in [0.05, 0.1) is 22.9 Å². The molecule has 2 heterocycles. The van der Waals surface area contributed by atoms with Crippen LogP contribution in [-0.2, 0) is 5.41 Å². The van der Waals surface area contributed by atoms with Crippen LogP contribution in [0.1, 0.15) is 113 Å². The van der Waals surface area contributed by atoms with Crippen molar-refractivity contribution in [1.82, 2.24) is 9.88 Å². The predicted octanol–water partition coefficient (Wildman–Crippen LogP) is 8.15. The number of aromatic amines is 1. The van der Waals surface area contributed by atoms with Crippen LogP contribution in [0.5, 0.6) is 0 Å². The molecule has 1 aliphatic heterocycles. The van der Waals surface area contributed by atoms with Crippen LogP contribution < -0.4 is 4.90 Å². The minimum atomic E-state index is -1.98. The summed E-state index contributed by atoms with van der Waals surface area (Å²) in [5.41, 5.74) is 12.3. The second-order valence-electron chi connectivity index (χ2n) is 14.9. The molecule has 1 N–H and O–H groups in total. The van der Waals surface area contributed by atoms with Gasteiger partial charge in [-0.05, 0) is 59.3 Å². The van der Waals surface area contributed by atoms with Crippen LogP contribution in [0.3, 0.4) is 0 Å². The van der Waals surface area contributed by atoms with Crippen molar-refractivity contribution in [1.29, 1.82) is 5.26 Å². The third kappa shape index (κ3) is 4.74. The van der Waals surface area contributed by atoms with Gasteiger partial charge in [0.25, 0.3) is 0 Å². The molecular weight excluding hydrogens is 557 g/mol.